The summed E-state index contributed by atoms with van der Waals surface area (Å²) in [4.78, 5) is 0. The first-order chi connectivity index (χ1) is 6.35. The number of hydrogen-bond donors (Lipinski definition) is 1. The molecule has 5 nitrogen and oxygen atoms in total. The molecule has 0 radical (unpaired) electrons. The topological polar surface area (TPSA) is 80.3 Å². The van der Waals surface area contributed by atoms with Gasteiger partial charge in [0.15, 0.2) is 9.84 Å². The highest BCUT2D eigenvalue weighted by atomic mass is 32.2. The Hall–Kier alpha value is -0.400. The van der Waals surface area contributed by atoms with Crippen LogP contribution in [0.3, 0.4) is 0 Å². The van der Waals surface area contributed by atoms with Crippen LogP contribution in [0.25, 0.3) is 0 Å². The maximum absolute atomic E-state index is 11.3. The molecule has 0 saturated carbocycles. The van der Waals surface area contributed by atoms with Crippen molar-refractivity contribution in [3.05, 3.63) is 11.5 Å². The standard InChI is InChI=1S/C7H13NO4S2/c1-2-4-14(11,12)8-7-3-5-13(9,10)6-7/h3,5,7-8H,2,4,6H2,1H3. The van der Waals surface area contributed by atoms with Crippen molar-refractivity contribution in [1.82, 2.24) is 4.72 Å². The second-order valence-corrected chi connectivity index (χ2v) is 7.01. The van der Waals surface area contributed by atoms with E-state index >= 15 is 0 Å². The van der Waals surface area contributed by atoms with Crippen LogP contribution < -0.4 is 4.72 Å². The molecule has 0 amide bonds. The van der Waals surface area contributed by atoms with Crippen molar-refractivity contribution in [1.29, 1.82) is 0 Å². The number of sulfonamides is 1. The van der Waals surface area contributed by atoms with E-state index in [9.17, 15) is 16.8 Å². The first-order valence-corrected chi connectivity index (χ1v) is 7.62. The molecule has 1 aliphatic heterocycles. The van der Waals surface area contributed by atoms with E-state index in [0.29, 0.717) is 6.42 Å². The van der Waals surface area contributed by atoms with E-state index in [1.54, 1.807) is 6.92 Å². The van der Waals surface area contributed by atoms with Gasteiger partial charge in [-0.3, -0.25) is 0 Å². The van der Waals surface area contributed by atoms with Gasteiger partial charge in [0.2, 0.25) is 10.0 Å². The van der Waals surface area contributed by atoms with Crippen LogP contribution in [0.15, 0.2) is 11.5 Å². The van der Waals surface area contributed by atoms with Crippen molar-refractivity contribution in [2.75, 3.05) is 11.5 Å². The summed E-state index contributed by atoms with van der Waals surface area (Å²) in [5.41, 5.74) is 0. The summed E-state index contributed by atoms with van der Waals surface area (Å²) >= 11 is 0. The summed E-state index contributed by atoms with van der Waals surface area (Å²) in [6.07, 6.45) is 1.88. The first-order valence-electron chi connectivity index (χ1n) is 4.25. The van der Waals surface area contributed by atoms with E-state index in [0.717, 1.165) is 5.41 Å². The summed E-state index contributed by atoms with van der Waals surface area (Å²) in [6.45, 7) is 1.75. The van der Waals surface area contributed by atoms with E-state index in [1.807, 2.05) is 0 Å². The van der Waals surface area contributed by atoms with Gasteiger partial charge in [-0.1, -0.05) is 13.0 Å². The van der Waals surface area contributed by atoms with E-state index in [-0.39, 0.29) is 11.5 Å². The molecule has 0 fully saturated rings. The second-order valence-electron chi connectivity index (χ2n) is 3.20. The molecular weight excluding hydrogens is 226 g/mol. The van der Waals surface area contributed by atoms with Gasteiger partial charge >= 0.3 is 0 Å². The Labute approximate surface area is 84.2 Å². The van der Waals surface area contributed by atoms with Crippen LogP contribution in [0.4, 0.5) is 0 Å². The minimum absolute atomic E-state index is 0.0252. The second kappa shape index (κ2) is 4.00. The fourth-order valence-corrected chi connectivity index (χ4v) is 3.83. The molecule has 1 N–H and O–H groups in total. The summed E-state index contributed by atoms with van der Waals surface area (Å²) in [6, 6.07) is -0.600. The Bertz CT molecular complexity index is 421. The zero-order valence-electron chi connectivity index (χ0n) is 7.80. The van der Waals surface area contributed by atoms with Gasteiger partial charge in [0.25, 0.3) is 0 Å². The summed E-state index contributed by atoms with van der Waals surface area (Å²) in [5.74, 6) is -0.146. The van der Waals surface area contributed by atoms with E-state index in [4.69, 9.17) is 0 Å². The minimum Gasteiger partial charge on any atom is -0.224 e. The van der Waals surface area contributed by atoms with Crippen molar-refractivity contribution in [3.8, 4) is 0 Å². The third-order valence-electron chi connectivity index (χ3n) is 1.73. The zero-order chi connectivity index (χ0) is 10.8. The Morgan fingerprint density at radius 2 is 2.14 bits per heavy atom. The van der Waals surface area contributed by atoms with Crippen molar-refractivity contribution in [2.45, 2.75) is 19.4 Å². The number of sulfone groups is 1. The molecule has 14 heavy (non-hydrogen) atoms. The molecular formula is C7H13NO4S2. The van der Waals surface area contributed by atoms with Gasteiger partial charge in [0.05, 0.1) is 17.5 Å². The fraction of sp³-hybridized carbons (Fsp3) is 0.714. The van der Waals surface area contributed by atoms with Crippen LogP contribution in [0, 0.1) is 0 Å². The Morgan fingerprint density at radius 1 is 1.50 bits per heavy atom. The summed E-state index contributed by atoms with van der Waals surface area (Å²) in [7, 11) is -6.52. The number of nitrogens with one attached hydrogen (secondary N) is 1. The van der Waals surface area contributed by atoms with Crippen LogP contribution in [0.5, 0.6) is 0 Å². The lowest BCUT2D eigenvalue weighted by Crippen LogP contribution is -2.36. The molecule has 1 rings (SSSR count). The Balaban J connectivity index is 2.61. The van der Waals surface area contributed by atoms with E-state index in [2.05, 4.69) is 4.72 Å². The molecule has 0 bridgehead atoms. The SMILES string of the molecule is CCCS(=O)(=O)NC1C=CS(=O)(=O)C1. The third kappa shape index (κ3) is 3.39. The van der Waals surface area contributed by atoms with Crippen LogP contribution >= 0.6 is 0 Å². The number of hydrogen-bond acceptors (Lipinski definition) is 4. The van der Waals surface area contributed by atoms with Crippen molar-refractivity contribution in [2.24, 2.45) is 0 Å². The van der Waals surface area contributed by atoms with Gasteiger partial charge in [-0.15, -0.1) is 0 Å². The van der Waals surface area contributed by atoms with Crippen molar-refractivity contribution < 1.29 is 16.8 Å². The third-order valence-corrected chi connectivity index (χ3v) is 4.74. The fourth-order valence-electron chi connectivity index (χ4n) is 1.21. The summed E-state index contributed by atoms with van der Waals surface area (Å²) in [5, 5.41) is 1.05. The lowest BCUT2D eigenvalue weighted by molar-refractivity contribution is 0.573. The van der Waals surface area contributed by atoms with Crippen molar-refractivity contribution in [3.63, 3.8) is 0 Å². The minimum atomic E-state index is -3.33. The average molecular weight is 239 g/mol. The average Bonchev–Trinajstić information content (AvgIpc) is 2.28. The van der Waals surface area contributed by atoms with Crippen molar-refractivity contribution >= 4 is 19.9 Å². The van der Waals surface area contributed by atoms with Crippen LogP contribution in [-0.4, -0.2) is 34.4 Å². The lowest BCUT2D eigenvalue weighted by Gasteiger charge is -2.09. The lowest BCUT2D eigenvalue weighted by atomic mass is 10.4. The van der Waals surface area contributed by atoms with Gasteiger partial charge in [-0.05, 0) is 6.42 Å². The van der Waals surface area contributed by atoms with Gasteiger partial charge in [-0.2, -0.15) is 0 Å². The quantitative estimate of drug-likeness (QED) is 0.725. The van der Waals surface area contributed by atoms with E-state index in [1.165, 1.54) is 6.08 Å². The molecule has 0 aromatic rings. The largest absolute Gasteiger partial charge is 0.224 e. The predicted molar refractivity (Wildman–Crippen MR) is 53.9 cm³/mol. The highest BCUT2D eigenvalue weighted by Gasteiger charge is 2.25. The molecule has 82 valence electrons. The smallest absolute Gasteiger partial charge is 0.212 e. The van der Waals surface area contributed by atoms with Gasteiger partial charge in [-0.25, -0.2) is 21.6 Å². The molecule has 0 aliphatic carbocycles. The van der Waals surface area contributed by atoms with Gasteiger partial charge in [0.1, 0.15) is 0 Å². The van der Waals surface area contributed by atoms with Crippen LogP contribution in [-0.2, 0) is 19.9 Å². The normalized spacial score (nSPS) is 25.4. The van der Waals surface area contributed by atoms with Crippen LogP contribution in [0.1, 0.15) is 13.3 Å². The molecule has 0 aromatic carbocycles. The maximum Gasteiger partial charge on any atom is 0.212 e. The molecule has 7 heteroatoms. The highest BCUT2D eigenvalue weighted by molar-refractivity contribution is 7.94. The maximum atomic E-state index is 11.3. The van der Waals surface area contributed by atoms with Crippen LogP contribution in [0.2, 0.25) is 0 Å². The zero-order valence-corrected chi connectivity index (χ0v) is 9.44. The molecule has 0 spiro atoms. The van der Waals surface area contributed by atoms with E-state index < -0.39 is 25.9 Å². The summed E-state index contributed by atoms with van der Waals surface area (Å²) < 4.78 is 46.8. The molecule has 0 aromatic heterocycles. The predicted octanol–water partition coefficient (Wildman–Crippen LogP) is -0.373. The van der Waals surface area contributed by atoms with Gasteiger partial charge < -0.3 is 0 Å². The molecule has 1 heterocycles. The highest BCUT2D eigenvalue weighted by Crippen LogP contribution is 2.09. The Kier molecular flexibility index (Phi) is 3.33. The van der Waals surface area contributed by atoms with Gasteiger partial charge in [0, 0.05) is 5.41 Å². The molecule has 1 atom stereocenters. The first kappa shape index (κ1) is 11.7. The molecule has 0 saturated heterocycles. The monoisotopic (exact) mass is 239 g/mol. The molecule has 1 aliphatic rings. The number of rotatable bonds is 4. The Morgan fingerprint density at radius 3 is 2.57 bits per heavy atom. The molecule has 1 unspecified atom stereocenters.